The maximum atomic E-state index is 14.5. The Kier molecular flexibility index (Phi) is 6.07. The molecule has 166 valence electrons. The Bertz CT molecular complexity index is 1340. The van der Waals surface area contributed by atoms with E-state index in [-0.39, 0.29) is 25.3 Å². The van der Waals surface area contributed by atoms with Gasteiger partial charge in [0.1, 0.15) is 5.82 Å². The number of halogens is 2. The lowest BCUT2D eigenvalue weighted by atomic mass is 10.00. The lowest BCUT2D eigenvalue weighted by Gasteiger charge is -2.12. The summed E-state index contributed by atoms with van der Waals surface area (Å²) in [6.45, 7) is 0.123. The fourth-order valence-electron chi connectivity index (χ4n) is 3.32. The normalized spacial score (nSPS) is 13.0. The molecule has 0 fully saturated rings. The predicted octanol–water partition coefficient (Wildman–Crippen LogP) is 1.54. The minimum atomic E-state index is -3.83. The van der Waals surface area contributed by atoms with Crippen LogP contribution >= 0.6 is 11.6 Å². The molecule has 1 aliphatic heterocycles. The lowest BCUT2D eigenvalue weighted by molar-refractivity contribution is 0.0949. The van der Waals surface area contributed by atoms with Crippen molar-refractivity contribution in [2.75, 3.05) is 13.1 Å². The van der Waals surface area contributed by atoms with Gasteiger partial charge in [-0.1, -0.05) is 23.7 Å². The van der Waals surface area contributed by atoms with Crippen molar-refractivity contribution in [2.45, 2.75) is 6.54 Å². The molecule has 1 aromatic heterocycles. The van der Waals surface area contributed by atoms with Crippen LogP contribution in [-0.4, -0.2) is 42.9 Å². The number of carbonyl (C=O) groups excluding carboxylic acids is 1. The number of nitrogens with two attached hydrogens (primary N) is 1. The van der Waals surface area contributed by atoms with Gasteiger partial charge in [-0.15, -0.1) is 0 Å². The molecule has 9 nitrogen and oxygen atoms in total. The van der Waals surface area contributed by atoms with E-state index in [1.807, 2.05) is 0 Å². The first-order valence-corrected chi connectivity index (χ1v) is 11.4. The number of hydrogen-bond acceptors (Lipinski definition) is 5. The molecule has 4 rings (SSSR count). The van der Waals surface area contributed by atoms with Gasteiger partial charge in [-0.2, -0.15) is 13.5 Å². The molecule has 0 atom stereocenters. The molecule has 2 aromatic carbocycles. The molecule has 1 amide bonds. The van der Waals surface area contributed by atoms with Crippen molar-refractivity contribution in [3.63, 3.8) is 0 Å². The van der Waals surface area contributed by atoms with Gasteiger partial charge in [0.2, 0.25) is 0 Å². The number of nitrogens with zero attached hydrogens (tertiary/aromatic N) is 3. The van der Waals surface area contributed by atoms with Crippen molar-refractivity contribution in [3.05, 3.63) is 81.9 Å². The van der Waals surface area contributed by atoms with Crippen LogP contribution in [0.25, 0.3) is 5.69 Å². The van der Waals surface area contributed by atoms with Crippen LogP contribution in [-0.2, 0) is 16.8 Å². The number of aromatic nitrogens is 2. The highest BCUT2D eigenvalue weighted by molar-refractivity contribution is 7.87. The third kappa shape index (κ3) is 4.70. The summed E-state index contributed by atoms with van der Waals surface area (Å²) in [5.41, 5.74) is 2.69. The Morgan fingerprint density at radius 2 is 1.94 bits per heavy atom. The van der Waals surface area contributed by atoms with E-state index in [0.717, 1.165) is 0 Å². The van der Waals surface area contributed by atoms with Gasteiger partial charge in [0, 0.05) is 29.2 Å². The minimum absolute atomic E-state index is 0.0270. The standard InChI is InChI=1S/C20H18ClFN6O3S/c21-12-5-6-18-15(9-12)19(14-3-1-2-4-16(14)22)25-11-13-10-17(27-28(13)18)20(29)24-7-8-26-32(23,30)31/h1-6,9-10,26H,7-8,11H2,(H,24,29)(H2,23,30,31). The number of carbonyl (C=O) groups is 1. The number of aliphatic imine (C=N–C) groups is 1. The van der Waals surface area contributed by atoms with Gasteiger partial charge in [-0.25, -0.2) is 18.9 Å². The molecule has 0 aliphatic carbocycles. The topological polar surface area (TPSA) is 131 Å². The summed E-state index contributed by atoms with van der Waals surface area (Å²) in [6.07, 6.45) is 0. The molecule has 0 saturated heterocycles. The first-order valence-electron chi connectivity index (χ1n) is 9.47. The van der Waals surface area contributed by atoms with Crippen LogP contribution in [0.5, 0.6) is 0 Å². The molecule has 1 aliphatic rings. The highest BCUT2D eigenvalue weighted by Gasteiger charge is 2.24. The highest BCUT2D eigenvalue weighted by Crippen LogP contribution is 2.28. The number of rotatable bonds is 6. The van der Waals surface area contributed by atoms with Gasteiger partial charge in [-0.05, 0) is 36.4 Å². The van der Waals surface area contributed by atoms with Crippen LogP contribution in [0.1, 0.15) is 27.3 Å². The first-order chi connectivity index (χ1) is 15.2. The third-order valence-corrected chi connectivity index (χ3v) is 5.54. The summed E-state index contributed by atoms with van der Waals surface area (Å²) in [6, 6.07) is 13.0. The van der Waals surface area contributed by atoms with Crippen LogP contribution in [0.2, 0.25) is 5.02 Å². The monoisotopic (exact) mass is 476 g/mol. The summed E-state index contributed by atoms with van der Waals surface area (Å²) >= 11 is 6.21. The van der Waals surface area contributed by atoms with Crippen molar-refractivity contribution >= 4 is 33.4 Å². The number of benzene rings is 2. The van der Waals surface area contributed by atoms with Crippen LogP contribution in [0, 0.1) is 5.82 Å². The molecule has 0 spiro atoms. The van der Waals surface area contributed by atoms with Crippen molar-refractivity contribution in [1.82, 2.24) is 19.8 Å². The molecule has 0 bridgehead atoms. The summed E-state index contributed by atoms with van der Waals surface area (Å²) in [7, 11) is -3.83. The van der Waals surface area contributed by atoms with E-state index in [0.29, 0.717) is 33.2 Å². The predicted molar refractivity (Wildman–Crippen MR) is 118 cm³/mol. The van der Waals surface area contributed by atoms with Crippen LogP contribution in [0.4, 0.5) is 4.39 Å². The summed E-state index contributed by atoms with van der Waals surface area (Å²) in [5, 5.41) is 12.3. The Hall–Kier alpha value is -3.12. The van der Waals surface area contributed by atoms with Gasteiger partial charge < -0.3 is 5.32 Å². The van der Waals surface area contributed by atoms with Gasteiger partial charge in [0.25, 0.3) is 16.1 Å². The maximum Gasteiger partial charge on any atom is 0.274 e. The van der Waals surface area contributed by atoms with E-state index in [9.17, 15) is 17.6 Å². The van der Waals surface area contributed by atoms with Crippen molar-refractivity contribution in [2.24, 2.45) is 10.1 Å². The first kappa shape index (κ1) is 22.1. The number of fused-ring (bicyclic) bond motifs is 3. The van der Waals surface area contributed by atoms with Crippen LogP contribution in [0.3, 0.4) is 0 Å². The SMILES string of the molecule is NS(=O)(=O)NCCNC(=O)c1cc2n(n1)-c1ccc(Cl)cc1C(c1ccccc1F)=NC2. The number of nitrogens with one attached hydrogen (secondary N) is 2. The maximum absolute atomic E-state index is 14.5. The average Bonchev–Trinajstić information content (AvgIpc) is 3.10. The quantitative estimate of drug-likeness (QED) is 0.465. The summed E-state index contributed by atoms with van der Waals surface area (Å²) < 4.78 is 39.9. The summed E-state index contributed by atoms with van der Waals surface area (Å²) in [4.78, 5) is 17.1. The largest absolute Gasteiger partial charge is 0.349 e. The zero-order valence-corrected chi connectivity index (χ0v) is 18.1. The van der Waals surface area contributed by atoms with E-state index in [1.165, 1.54) is 6.07 Å². The third-order valence-electron chi connectivity index (χ3n) is 4.70. The minimum Gasteiger partial charge on any atom is -0.349 e. The van der Waals surface area contributed by atoms with E-state index in [2.05, 4.69) is 20.1 Å². The van der Waals surface area contributed by atoms with Crippen molar-refractivity contribution in [1.29, 1.82) is 0 Å². The fourth-order valence-corrected chi connectivity index (χ4v) is 3.88. The summed E-state index contributed by atoms with van der Waals surface area (Å²) in [5.74, 6) is -0.902. The zero-order valence-electron chi connectivity index (χ0n) is 16.5. The molecule has 0 saturated carbocycles. The second-order valence-corrected chi connectivity index (χ2v) is 8.75. The van der Waals surface area contributed by atoms with Gasteiger partial charge in [0.05, 0.1) is 23.6 Å². The molecule has 4 N–H and O–H groups in total. The smallest absolute Gasteiger partial charge is 0.274 e. The Morgan fingerprint density at radius 1 is 1.16 bits per heavy atom. The van der Waals surface area contributed by atoms with Crippen molar-refractivity contribution in [3.8, 4) is 5.69 Å². The molecular formula is C20H18ClFN6O3S. The fraction of sp³-hybridized carbons (Fsp3) is 0.150. The van der Waals surface area contributed by atoms with Gasteiger partial charge in [0.15, 0.2) is 5.69 Å². The average molecular weight is 477 g/mol. The molecule has 32 heavy (non-hydrogen) atoms. The van der Waals surface area contributed by atoms with Gasteiger partial charge >= 0.3 is 0 Å². The molecule has 0 radical (unpaired) electrons. The number of hydrogen-bond donors (Lipinski definition) is 3. The van der Waals surface area contributed by atoms with Crippen LogP contribution in [0.15, 0.2) is 53.5 Å². The van der Waals surface area contributed by atoms with E-state index >= 15 is 0 Å². The molecule has 12 heteroatoms. The Morgan fingerprint density at radius 3 is 2.69 bits per heavy atom. The molecule has 3 aromatic rings. The second kappa shape index (κ2) is 8.79. The van der Waals surface area contributed by atoms with Crippen molar-refractivity contribution < 1.29 is 17.6 Å². The molecule has 0 unspecified atom stereocenters. The Labute approximate surface area is 188 Å². The van der Waals surface area contributed by atoms with Gasteiger partial charge in [-0.3, -0.25) is 9.79 Å². The molecule has 2 heterocycles. The molecular weight excluding hydrogens is 459 g/mol. The zero-order chi connectivity index (χ0) is 22.9. The highest BCUT2D eigenvalue weighted by atomic mass is 35.5. The van der Waals surface area contributed by atoms with E-state index < -0.39 is 21.9 Å². The Balaban J connectivity index is 1.66. The second-order valence-electron chi connectivity index (χ2n) is 6.93. The van der Waals surface area contributed by atoms with E-state index in [4.69, 9.17) is 16.7 Å². The lowest BCUT2D eigenvalue weighted by Crippen LogP contribution is -2.37. The van der Waals surface area contributed by atoms with Crippen LogP contribution < -0.4 is 15.2 Å². The van der Waals surface area contributed by atoms with E-state index in [1.54, 1.807) is 47.1 Å². The number of amides is 1.